The van der Waals surface area contributed by atoms with Crippen molar-refractivity contribution in [1.29, 1.82) is 0 Å². The maximum atomic E-state index is 5.87. The number of nitrogens with zero attached hydrogens (tertiary/aromatic N) is 2. The molecule has 21 heavy (non-hydrogen) atoms. The molecule has 0 unspecified atom stereocenters. The summed E-state index contributed by atoms with van der Waals surface area (Å²) in [6.07, 6.45) is 2.93. The van der Waals surface area contributed by atoms with Crippen molar-refractivity contribution < 1.29 is 4.74 Å². The third kappa shape index (κ3) is 3.62. The Morgan fingerprint density at radius 3 is 2.95 bits per heavy atom. The minimum absolute atomic E-state index is 0.770. The van der Waals surface area contributed by atoms with Crippen LogP contribution in [0.15, 0.2) is 30.5 Å². The van der Waals surface area contributed by atoms with E-state index in [1.54, 1.807) is 0 Å². The molecule has 1 saturated heterocycles. The van der Waals surface area contributed by atoms with Gasteiger partial charge in [-0.05, 0) is 36.6 Å². The van der Waals surface area contributed by atoms with E-state index >= 15 is 0 Å². The second-order valence-electron chi connectivity index (χ2n) is 5.37. The van der Waals surface area contributed by atoms with Gasteiger partial charge in [-0.15, -0.1) is 0 Å². The molecule has 0 atom stereocenters. The van der Waals surface area contributed by atoms with Gasteiger partial charge in [-0.1, -0.05) is 6.07 Å². The molecular weight excluding hydrogens is 264 g/mol. The Morgan fingerprint density at radius 2 is 2.10 bits per heavy atom. The monoisotopic (exact) mass is 286 g/mol. The van der Waals surface area contributed by atoms with Crippen molar-refractivity contribution in [2.45, 2.75) is 6.42 Å². The summed E-state index contributed by atoms with van der Waals surface area (Å²) < 4.78 is 5.36. The van der Waals surface area contributed by atoms with Crippen LogP contribution in [0.3, 0.4) is 0 Å². The Morgan fingerprint density at radius 1 is 1.24 bits per heavy atom. The van der Waals surface area contributed by atoms with Gasteiger partial charge in [0.25, 0.3) is 0 Å². The van der Waals surface area contributed by atoms with E-state index in [1.807, 2.05) is 30.5 Å². The van der Waals surface area contributed by atoms with E-state index in [4.69, 9.17) is 10.5 Å². The summed E-state index contributed by atoms with van der Waals surface area (Å²) in [5.74, 6) is 0.918. The molecule has 2 heterocycles. The van der Waals surface area contributed by atoms with Crippen molar-refractivity contribution >= 4 is 22.3 Å². The van der Waals surface area contributed by atoms with Crippen molar-refractivity contribution in [2.75, 3.05) is 50.4 Å². The van der Waals surface area contributed by atoms with E-state index in [9.17, 15) is 0 Å². The lowest BCUT2D eigenvalue weighted by atomic mass is 10.1. The molecule has 5 nitrogen and oxygen atoms in total. The molecular formula is C16H22N4O. The number of nitrogens with one attached hydrogen (secondary N) is 1. The number of hydrogen-bond acceptors (Lipinski definition) is 5. The second kappa shape index (κ2) is 6.74. The fourth-order valence-electron chi connectivity index (χ4n) is 2.66. The highest BCUT2D eigenvalue weighted by atomic mass is 16.5. The number of ether oxygens (including phenoxy) is 1. The Labute approximate surface area is 125 Å². The number of nitrogens with two attached hydrogens (primary N) is 1. The summed E-state index contributed by atoms with van der Waals surface area (Å²) in [5.41, 5.74) is 6.64. The molecule has 2 aromatic rings. The van der Waals surface area contributed by atoms with Gasteiger partial charge in [-0.25, -0.2) is 4.98 Å². The molecule has 112 valence electrons. The van der Waals surface area contributed by atoms with Crippen LogP contribution in [-0.2, 0) is 4.74 Å². The van der Waals surface area contributed by atoms with Crippen molar-refractivity contribution in [3.8, 4) is 0 Å². The molecule has 0 aliphatic carbocycles. The van der Waals surface area contributed by atoms with Crippen LogP contribution < -0.4 is 11.1 Å². The Hall–Kier alpha value is -1.85. The first-order chi connectivity index (χ1) is 10.3. The molecule has 3 rings (SSSR count). The number of rotatable bonds is 5. The second-order valence-corrected chi connectivity index (χ2v) is 5.37. The number of morpholine rings is 1. The molecule has 5 heteroatoms. The van der Waals surface area contributed by atoms with Gasteiger partial charge >= 0.3 is 0 Å². The van der Waals surface area contributed by atoms with Crippen LogP contribution in [0, 0.1) is 0 Å². The molecule has 1 aliphatic heterocycles. The minimum Gasteiger partial charge on any atom is -0.399 e. The third-order valence-corrected chi connectivity index (χ3v) is 3.84. The quantitative estimate of drug-likeness (QED) is 0.650. The Bertz CT molecular complexity index is 596. The van der Waals surface area contributed by atoms with E-state index in [2.05, 4.69) is 15.2 Å². The van der Waals surface area contributed by atoms with Gasteiger partial charge in [0.2, 0.25) is 0 Å². The number of hydrogen-bond donors (Lipinski definition) is 2. The lowest BCUT2D eigenvalue weighted by Crippen LogP contribution is -2.37. The molecule has 0 bridgehead atoms. The normalized spacial score (nSPS) is 16.2. The van der Waals surface area contributed by atoms with Crippen LogP contribution in [0.4, 0.5) is 11.5 Å². The zero-order chi connectivity index (χ0) is 14.5. The summed E-state index contributed by atoms with van der Waals surface area (Å²) in [4.78, 5) is 6.88. The van der Waals surface area contributed by atoms with Crippen LogP contribution in [0.25, 0.3) is 10.8 Å². The summed E-state index contributed by atoms with van der Waals surface area (Å²) in [6, 6.07) is 7.94. The van der Waals surface area contributed by atoms with Crippen molar-refractivity contribution in [3.63, 3.8) is 0 Å². The van der Waals surface area contributed by atoms with Gasteiger partial charge in [-0.3, -0.25) is 4.90 Å². The van der Waals surface area contributed by atoms with Crippen molar-refractivity contribution in [3.05, 3.63) is 30.5 Å². The van der Waals surface area contributed by atoms with Crippen molar-refractivity contribution in [1.82, 2.24) is 9.88 Å². The molecule has 1 fully saturated rings. The number of pyridine rings is 1. The summed E-state index contributed by atoms with van der Waals surface area (Å²) in [5, 5.41) is 5.68. The fourth-order valence-corrected chi connectivity index (χ4v) is 2.66. The predicted molar refractivity (Wildman–Crippen MR) is 86.5 cm³/mol. The number of anilines is 2. The zero-order valence-electron chi connectivity index (χ0n) is 12.2. The third-order valence-electron chi connectivity index (χ3n) is 3.84. The summed E-state index contributed by atoms with van der Waals surface area (Å²) in [6.45, 7) is 5.82. The van der Waals surface area contributed by atoms with E-state index in [1.165, 1.54) is 0 Å². The Balaban J connectivity index is 1.56. The number of fused-ring (bicyclic) bond motifs is 1. The average molecular weight is 286 g/mol. The molecule has 0 amide bonds. The number of benzene rings is 1. The molecule has 1 aliphatic rings. The van der Waals surface area contributed by atoms with E-state index < -0.39 is 0 Å². The van der Waals surface area contributed by atoms with Crippen LogP contribution in [0.5, 0.6) is 0 Å². The molecule has 0 saturated carbocycles. The van der Waals surface area contributed by atoms with Gasteiger partial charge in [0.1, 0.15) is 5.82 Å². The Kier molecular flexibility index (Phi) is 4.52. The highest BCUT2D eigenvalue weighted by Gasteiger charge is 2.09. The number of aromatic nitrogens is 1. The molecule has 0 spiro atoms. The minimum atomic E-state index is 0.770. The maximum Gasteiger partial charge on any atom is 0.133 e. The van der Waals surface area contributed by atoms with Gasteiger partial charge in [0.05, 0.1) is 13.2 Å². The van der Waals surface area contributed by atoms with E-state index in [0.717, 1.165) is 68.1 Å². The molecule has 1 aromatic heterocycles. The van der Waals surface area contributed by atoms with Crippen LogP contribution in [-0.4, -0.2) is 49.3 Å². The first kappa shape index (κ1) is 14.1. The highest BCUT2D eigenvalue weighted by Crippen LogP contribution is 2.23. The van der Waals surface area contributed by atoms with Crippen LogP contribution >= 0.6 is 0 Å². The summed E-state index contributed by atoms with van der Waals surface area (Å²) >= 11 is 0. The fraction of sp³-hybridized carbons (Fsp3) is 0.438. The lowest BCUT2D eigenvalue weighted by Gasteiger charge is -2.26. The number of nitrogen functional groups attached to an aromatic ring is 1. The standard InChI is InChI=1S/C16H22N4O/c17-14-3-2-13-4-6-19-16(15(13)12-14)18-5-1-7-20-8-10-21-11-9-20/h2-4,6,12H,1,5,7-11,17H2,(H,18,19). The first-order valence-corrected chi connectivity index (χ1v) is 7.51. The lowest BCUT2D eigenvalue weighted by molar-refractivity contribution is 0.0378. The van der Waals surface area contributed by atoms with E-state index in [0.29, 0.717) is 0 Å². The van der Waals surface area contributed by atoms with Gasteiger partial charge in [-0.2, -0.15) is 0 Å². The predicted octanol–water partition coefficient (Wildman–Crippen LogP) is 1.95. The maximum absolute atomic E-state index is 5.87. The van der Waals surface area contributed by atoms with Gasteiger partial charge < -0.3 is 15.8 Å². The van der Waals surface area contributed by atoms with Crippen LogP contribution in [0.2, 0.25) is 0 Å². The molecule has 3 N–H and O–H groups in total. The largest absolute Gasteiger partial charge is 0.399 e. The van der Waals surface area contributed by atoms with Crippen molar-refractivity contribution in [2.24, 2.45) is 0 Å². The van der Waals surface area contributed by atoms with Gasteiger partial charge in [0, 0.05) is 36.9 Å². The average Bonchev–Trinajstić information content (AvgIpc) is 2.53. The topological polar surface area (TPSA) is 63.4 Å². The SMILES string of the molecule is Nc1ccc2ccnc(NCCCN3CCOCC3)c2c1. The van der Waals surface area contributed by atoms with E-state index in [-0.39, 0.29) is 0 Å². The zero-order valence-corrected chi connectivity index (χ0v) is 12.2. The van der Waals surface area contributed by atoms with Crippen LogP contribution in [0.1, 0.15) is 6.42 Å². The first-order valence-electron chi connectivity index (χ1n) is 7.51. The summed E-state index contributed by atoms with van der Waals surface area (Å²) in [7, 11) is 0. The van der Waals surface area contributed by atoms with Gasteiger partial charge in [0.15, 0.2) is 0 Å². The molecule has 0 radical (unpaired) electrons. The highest BCUT2D eigenvalue weighted by molar-refractivity contribution is 5.93. The smallest absolute Gasteiger partial charge is 0.133 e. The molecule has 1 aromatic carbocycles.